The van der Waals surface area contributed by atoms with E-state index in [-0.39, 0.29) is 6.61 Å². The van der Waals surface area contributed by atoms with Crippen molar-refractivity contribution in [1.82, 2.24) is 0 Å². The first-order chi connectivity index (χ1) is 13.5. The molecule has 0 aromatic rings. The largest absolute Gasteiger partial charge is 0.396 e. The van der Waals surface area contributed by atoms with Crippen molar-refractivity contribution in [3.8, 4) is 23.7 Å². The monoisotopic (exact) mass is 396 g/mol. The minimum absolute atomic E-state index is 0.00543. The summed E-state index contributed by atoms with van der Waals surface area (Å²) in [5.74, 6) is 10.2. The molecule has 0 aromatic carbocycles. The minimum atomic E-state index is -1.60. The van der Waals surface area contributed by atoms with Crippen molar-refractivity contribution in [2.24, 2.45) is 0 Å². The van der Waals surface area contributed by atoms with E-state index in [0.29, 0.717) is 12.8 Å². The molecule has 8 heteroatoms. The van der Waals surface area contributed by atoms with E-state index >= 15 is 0 Å². The predicted octanol–water partition coefficient (Wildman–Crippen LogP) is -1.56. The quantitative estimate of drug-likeness (QED) is 0.165. The lowest BCUT2D eigenvalue weighted by atomic mass is 9.99. The molecule has 6 N–H and O–H groups in total. The molecule has 7 atom stereocenters. The minimum Gasteiger partial charge on any atom is -0.396 e. The Hall–Kier alpha value is -1.72. The zero-order chi connectivity index (χ0) is 20.9. The van der Waals surface area contributed by atoms with Crippen molar-refractivity contribution in [3.05, 3.63) is 24.3 Å². The highest BCUT2D eigenvalue weighted by molar-refractivity contribution is 5.32. The standard InChI is InChI=1S/C20H28O8/c1-2-3-4-5-7-10-14(23)15(11-8-6-9-12-21)27-20-19(26)18(25)17(24)16(13-22)28-20/h2-3,8,11,14-26H,6,9,12-13H2,1H3/b3-2+,11-8+/t14-,15-,16+,17-,18-,19+,20+/m1/s1. The van der Waals surface area contributed by atoms with E-state index in [9.17, 15) is 25.5 Å². The van der Waals surface area contributed by atoms with Gasteiger partial charge in [0, 0.05) is 6.61 Å². The van der Waals surface area contributed by atoms with Gasteiger partial charge >= 0.3 is 0 Å². The van der Waals surface area contributed by atoms with Gasteiger partial charge in [0.15, 0.2) is 6.29 Å². The second kappa shape index (κ2) is 13.5. The highest BCUT2D eigenvalue weighted by Crippen LogP contribution is 2.23. The normalized spacial score (nSPS) is 29.8. The topological polar surface area (TPSA) is 140 Å². The number of rotatable bonds is 8. The molecule has 1 heterocycles. The first-order valence-electron chi connectivity index (χ1n) is 9.00. The molecule has 0 aliphatic carbocycles. The van der Waals surface area contributed by atoms with E-state index in [0.717, 1.165) is 0 Å². The van der Waals surface area contributed by atoms with E-state index in [4.69, 9.17) is 14.6 Å². The van der Waals surface area contributed by atoms with Crippen molar-refractivity contribution in [2.75, 3.05) is 13.2 Å². The first kappa shape index (κ1) is 24.3. The van der Waals surface area contributed by atoms with Gasteiger partial charge in [-0.25, -0.2) is 0 Å². The summed E-state index contributed by atoms with van der Waals surface area (Å²) < 4.78 is 10.9. The fourth-order valence-corrected chi connectivity index (χ4v) is 2.35. The van der Waals surface area contributed by atoms with E-state index in [1.54, 1.807) is 25.2 Å². The highest BCUT2D eigenvalue weighted by Gasteiger charge is 2.45. The Morgan fingerprint density at radius 2 is 1.86 bits per heavy atom. The Balaban J connectivity index is 2.92. The molecule has 8 nitrogen and oxygen atoms in total. The van der Waals surface area contributed by atoms with Crippen LogP contribution in [0.3, 0.4) is 0 Å². The molecule has 1 aliphatic rings. The van der Waals surface area contributed by atoms with Gasteiger partial charge in [-0.15, -0.1) is 0 Å². The molecule has 0 bridgehead atoms. The molecule has 1 rings (SSSR count). The van der Waals surface area contributed by atoms with Gasteiger partial charge in [0.25, 0.3) is 0 Å². The summed E-state index contributed by atoms with van der Waals surface area (Å²) in [7, 11) is 0. The maximum atomic E-state index is 10.3. The summed E-state index contributed by atoms with van der Waals surface area (Å²) in [5.41, 5.74) is 0. The average molecular weight is 396 g/mol. The predicted molar refractivity (Wildman–Crippen MR) is 100 cm³/mol. The molecule has 0 spiro atoms. The van der Waals surface area contributed by atoms with Crippen LogP contribution in [0.1, 0.15) is 19.8 Å². The first-order valence-corrected chi connectivity index (χ1v) is 9.00. The van der Waals surface area contributed by atoms with Crippen molar-refractivity contribution in [3.63, 3.8) is 0 Å². The third kappa shape index (κ3) is 7.72. The third-order valence-electron chi connectivity index (χ3n) is 3.91. The number of hydrogen-bond acceptors (Lipinski definition) is 8. The van der Waals surface area contributed by atoms with Gasteiger partial charge in [-0.05, 0) is 37.7 Å². The summed E-state index contributed by atoms with van der Waals surface area (Å²) in [6, 6.07) is 0. The van der Waals surface area contributed by atoms with Gasteiger partial charge in [0.1, 0.15) is 36.6 Å². The SMILES string of the molecule is C/C=C/C#CC#C[C@@H](O)[C@@H](/C=C/CCCO)O[C@H]1O[C@@H](CO)[C@@H](O)[C@@H](O)[C@@H]1O. The number of unbranched alkanes of at least 4 members (excludes halogenated alkanes) is 1. The molecule has 0 radical (unpaired) electrons. The van der Waals surface area contributed by atoms with Crippen LogP contribution in [0.25, 0.3) is 0 Å². The molecule has 0 amide bonds. The van der Waals surface area contributed by atoms with Crippen LogP contribution >= 0.6 is 0 Å². The molecule has 0 saturated carbocycles. The van der Waals surface area contributed by atoms with E-state index < -0.39 is 49.5 Å². The van der Waals surface area contributed by atoms with Crippen LogP contribution in [0.5, 0.6) is 0 Å². The van der Waals surface area contributed by atoms with Crippen LogP contribution in [-0.4, -0.2) is 86.8 Å². The lowest BCUT2D eigenvalue weighted by molar-refractivity contribution is -0.311. The summed E-state index contributed by atoms with van der Waals surface area (Å²) >= 11 is 0. The summed E-state index contributed by atoms with van der Waals surface area (Å²) in [4.78, 5) is 0. The van der Waals surface area contributed by atoms with Crippen molar-refractivity contribution >= 4 is 0 Å². The zero-order valence-electron chi connectivity index (χ0n) is 15.7. The molecule has 1 saturated heterocycles. The van der Waals surface area contributed by atoms with Gasteiger partial charge in [-0.2, -0.15) is 0 Å². The van der Waals surface area contributed by atoms with E-state index in [1.807, 2.05) is 0 Å². The number of aliphatic hydroxyl groups excluding tert-OH is 6. The molecule has 1 fully saturated rings. The molecular weight excluding hydrogens is 368 g/mol. The zero-order valence-corrected chi connectivity index (χ0v) is 15.7. The Morgan fingerprint density at radius 1 is 1.11 bits per heavy atom. The van der Waals surface area contributed by atoms with Crippen LogP contribution in [0.15, 0.2) is 24.3 Å². The lowest BCUT2D eigenvalue weighted by Gasteiger charge is -2.40. The Morgan fingerprint density at radius 3 is 2.50 bits per heavy atom. The molecule has 0 unspecified atom stereocenters. The molecule has 1 aliphatic heterocycles. The van der Waals surface area contributed by atoms with E-state index in [2.05, 4.69) is 23.7 Å². The highest BCUT2D eigenvalue weighted by atomic mass is 16.7. The number of ether oxygens (including phenoxy) is 2. The second-order valence-corrected chi connectivity index (χ2v) is 6.08. The van der Waals surface area contributed by atoms with Crippen molar-refractivity contribution < 1.29 is 40.1 Å². The average Bonchev–Trinajstić information content (AvgIpc) is 2.69. The Bertz CT molecular complexity index is 622. The van der Waals surface area contributed by atoms with E-state index in [1.165, 1.54) is 6.08 Å². The number of allylic oxidation sites excluding steroid dienone is 3. The molecular formula is C20H28O8. The van der Waals surface area contributed by atoms with Crippen molar-refractivity contribution in [2.45, 2.75) is 62.7 Å². The van der Waals surface area contributed by atoms with Gasteiger partial charge in [0.05, 0.1) is 6.61 Å². The van der Waals surface area contributed by atoms with Crippen LogP contribution in [0.4, 0.5) is 0 Å². The third-order valence-corrected chi connectivity index (χ3v) is 3.91. The van der Waals surface area contributed by atoms with Gasteiger partial charge in [0.2, 0.25) is 0 Å². The number of aliphatic hydroxyl groups is 6. The maximum Gasteiger partial charge on any atom is 0.187 e. The number of hydrogen-bond donors (Lipinski definition) is 6. The summed E-state index contributed by atoms with van der Waals surface area (Å²) in [5, 5.41) is 58.2. The molecule has 0 aromatic heterocycles. The van der Waals surface area contributed by atoms with Crippen molar-refractivity contribution in [1.29, 1.82) is 0 Å². The van der Waals surface area contributed by atoms with Gasteiger partial charge in [-0.3, -0.25) is 0 Å². The molecule has 28 heavy (non-hydrogen) atoms. The summed E-state index contributed by atoms with van der Waals surface area (Å²) in [6.07, 6.45) is -2.07. The fraction of sp³-hybridized carbons (Fsp3) is 0.600. The van der Waals surface area contributed by atoms with Crippen LogP contribution in [0, 0.1) is 23.7 Å². The fourth-order valence-electron chi connectivity index (χ4n) is 2.35. The maximum absolute atomic E-state index is 10.3. The smallest absolute Gasteiger partial charge is 0.187 e. The van der Waals surface area contributed by atoms with Crippen LogP contribution in [0.2, 0.25) is 0 Å². The Kier molecular flexibility index (Phi) is 11.7. The van der Waals surface area contributed by atoms with Gasteiger partial charge < -0.3 is 40.1 Å². The van der Waals surface area contributed by atoms with Gasteiger partial charge in [-0.1, -0.05) is 30.1 Å². The Labute approximate surface area is 164 Å². The van der Waals surface area contributed by atoms with Crippen LogP contribution < -0.4 is 0 Å². The second-order valence-electron chi connectivity index (χ2n) is 6.08. The molecule has 156 valence electrons. The lowest BCUT2D eigenvalue weighted by Crippen LogP contribution is -2.60. The van der Waals surface area contributed by atoms with Crippen LogP contribution in [-0.2, 0) is 9.47 Å². The summed E-state index contributed by atoms with van der Waals surface area (Å²) in [6.45, 7) is 1.22.